The van der Waals surface area contributed by atoms with Gasteiger partial charge in [-0.05, 0) is 11.6 Å². The van der Waals surface area contributed by atoms with Gasteiger partial charge in [0.1, 0.15) is 0 Å². The second-order valence-electron chi connectivity index (χ2n) is 2.38. The fraction of sp³-hybridized carbons (Fsp3) is 0.125. The molecule has 0 amide bonds. The molecule has 4 heteroatoms. The van der Waals surface area contributed by atoms with Crippen LogP contribution in [-0.2, 0) is 5.33 Å². The van der Waals surface area contributed by atoms with Gasteiger partial charge in [-0.25, -0.2) is 0 Å². The van der Waals surface area contributed by atoms with Crippen LogP contribution in [0.3, 0.4) is 0 Å². The fourth-order valence-corrected chi connectivity index (χ4v) is 1.63. The second-order valence-corrected chi connectivity index (χ2v) is 2.94. The molecule has 0 aliphatic heterocycles. The summed E-state index contributed by atoms with van der Waals surface area (Å²) in [6, 6.07) is 6.14. The minimum absolute atomic E-state index is 0. The molecule has 1 N–H and O–H groups in total. The minimum atomic E-state index is 0. The van der Waals surface area contributed by atoms with Crippen LogP contribution in [0.25, 0.3) is 10.9 Å². The van der Waals surface area contributed by atoms with E-state index < -0.39 is 0 Å². The number of nitrogens with zero attached hydrogens (tertiary/aromatic N) is 1. The quantitative estimate of drug-likeness (QED) is 0.804. The van der Waals surface area contributed by atoms with Gasteiger partial charge in [-0.15, -0.1) is 17.0 Å². The summed E-state index contributed by atoms with van der Waals surface area (Å²) < 4.78 is 0. The number of fused-ring (bicyclic) bond motifs is 1. The summed E-state index contributed by atoms with van der Waals surface area (Å²) in [5.74, 6) is 0. The Morgan fingerprint density at radius 1 is 1.42 bits per heavy atom. The molecule has 1 heterocycles. The molecule has 0 spiro atoms. The summed E-state index contributed by atoms with van der Waals surface area (Å²) in [5, 5.41) is 8.96. The number of H-pyrrole nitrogens is 1. The Kier molecular flexibility index (Phi) is 3.29. The van der Waals surface area contributed by atoms with Gasteiger partial charge in [-0.1, -0.05) is 28.1 Å². The van der Waals surface area contributed by atoms with E-state index in [0.29, 0.717) is 0 Å². The first-order valence-corrected chi connectivity index (χ1v) is 4.51. The number of nitrogens with one attached hydrogen (secondary N) is 1. The molecule has 0 radical (unpaired) electrons. The predicted molar refractivity (Wildman–Crippen MR) is 59.0 cm³/mol. The molecule has 0 bridgehead atoms. The molecule has 1 aromatic heterocycles. The Bertz CT molecular complexity index is 370. The largest absolute Gasteiger partial charge is 0.278 e. The third kappa shape index (κ3) is 1.54. The van der Waals surface area contributed by atoms with Crippen molar-refractivity contribution in [3.8, 4) is 0 Å². The summed E-state index contributed by atoms with van der Waals surface area (Å²) in [6.07, 6.45) is 1.85. The smallest absolute Gasteiger partial charge is 0.0653 e. The van der Waals surface area contributed by atoms with E-state index in [9.17, 15) is 0 Å². The molecule has 0 atom stereocenters. The third-order valence-corrected chi connectivity index (χ3v) is 2.32. The molecule has 1 aromatic carbocycles. The van der Waals surface area contributed by atoms with E-state index in [1.807, 2.05) is 18.3 Å². The lowest BCUT2D eigenvalue weighted by molar-refractivity contribution is 1.12. The third-order valence-electron chi connectivity index (χ3n) is 1.72. The van der Waals surface area contributed by atoms with Gasteiger partial charge in [-0.2, -0.15) is 5.10 Å². The van der Waals surface area contributed by atoms with Crippen molar-refractivity contribution >= 4 is 43.8 Å². The van der Waals surface area contributed by atoms with Crippen LogP contribution in [0.5, 0.6) is 0 Å². The highest BCUT2D eigenvalue weighted by molar-refractivity contribution is 9.08. The summed E-state index contributed by atoms with van der Waals surface area (Å²) in [4.78, 5) is 0. The van der Waals surface area contributed by atoms with Crippen molar-refractivity contribution in [3.63, 3.8) is 0 Å². The Morgan fingerprint density at radius 2 is 2.25 bits per heavy atom. The monoisotopic (exact) mass is 290 g/mol. The zero-order valence-electron chi connectivity index (χ0n) is 6.25. The summed E-state index contributed by atoms with van der Waals surface area (Å²) in [6.45, 7) is 0. The molecule has 64 valence electrons. The van der Waals surface area contributed by atoms with Gasteiger partial charge in [0.15, 0.2) is 0 Å². The highest BCUT2D eigenvalue weighted by Gasteiger charge is 1.98. The number of alkyl halides is 1. The molecule has 0 aliphatic rings. The molecule has 2 aromatic rings. The van der Waals surface area contributed by atoms with Crippen LogP contribution in [0.4, 0.5) is 0 Å². The Balaban J connectivity index is 0.000000720. The van der Waals surface area contributed by atoms with E-state index in [4.69, 9.17) is 0 Å². The van der Waals surface area contributed by atoms with Gasteiger partial charge in [-0.3, -0.25) is 5.10 Å². The van der Waals surface area contributed by atoms with Gasteiger partial charge in [0, 0.05) is 10.7 Å². The molecule has 0 aliphatic carbocycles. The lowest BCUT2D eigenvalue weighted by Gasteiger charge is -1.94. The zero-order valence-corrected chi connectivity index (χ0v) is 9.55. The van der Waals surface area contributed by atoms with Crippen LogP contribution in [0.15, 0.2) is 24.4 Å². The first kappa shape index (κ1) is 9.74. The molecule has 2 rings (SSSR count). The topological polar surface area (TPSA) is 28.7 Å². The molecule has 0 unspecified atom stereocenters. The second kappa shape index (κ2) is 4.05. The molecular formula is C8H8Br2N2. The van der Waals surface area contributed by atoms with Crippen LogP contribution >= 0.6 is 32.9 Å². The van der Waals surface area contributed by atoms with Gasteiger partial charge in [0.2, 0.25) is 0 Å². The van der Waals surface area contributed by atoms with E-state index in [0.717, 1.165) is 10.8 Å². The Labute approximate surface area is 89.3 Å². The standard InChI is InChI=1S/C8H7BrN2.BrH/c9-4-6-2-1-3-8-7(6)5-10-11-8;/h1-3,5H,4H2,(H,10,11);1H. The van der Waals surface area contributed by atoms with E-state index in [-0.39, 0.29) is 17.0 Å². The van der Waals surface area contributed by atoms with Gasteiger partial charge in [0.25, 0.3) is 0 Å². The van der Waals surface area contributed by atoms with Crippen molar-refractivity contribution < 1.29 is 0 Å². The fourth-order valence-electron chi connectivity index (χ4n) is 1.15. The van der Waals surface area contributed by atoms with Crippen molar-refractivity contribution in [1.29, 1.82) is 0 Å². The lowest BCUT2D eigenvalue weighted by atomic mass is 10.1. The first-order valence-electron chi connectivity index (χ1n) is 3.39. The van der Waals surface area contributed by atoms with E-state index in [1.165, 1.54) is 10.9 Å². The van der Waals surface area contributed by atoms with Gasteiger partial charge < -0.3 is 0 Å². The number of halogens is 2. The molecule has 12 heavy (non-hydrogen) atoms. The highest BCUT2D eigenvalue weighted by Crippen LogP contribution is 2.17. The maximum absolute atomic E-state index is 3.96. The Morgan fingerprint density at radius 3 is 3.00 bits per heavy atom. The van der Waals surface area contributed by atoms with Gasteiger partial charge in [0.05, 0.1) is 11.7 Å². The Hall–Kier alpha value is -0.350. The first-order chi connectivity index (χ1) is 5.42. The number of hydrogen-bond acceptors (Lipinski definition) is 1. The summed E-state index contributed by atoms with van der Waals surface area (Å²) in [7, 11) is 0. The van der Waals surface area contributed by atoms with Crippen LogP contribution < -0.4 is 0 Å². The number of aromatic amines is 1. The maximum Gasteiger partial charge on any atom is 0.0653 e. The molecule has 2 nitrogen and oxygen atoms in total. The predicted octanol–water partition coefficient (Wildman–Crippen LogP) is 3.04. The van der Waals surface area contributed by atoms with Crippen LogP contribution in [0, 0.1) is 0 Å². The number of rotatable bonds is 1. The van der Waals surface area contributed by atoms with E-state index in [1.54, 1.807) is 0 Å². The molecule has 0 fully saturated rings. The average molecular weight is 292 g/mol. The SMILES string of the molecule is Br.BrCc1cccc2[nH]ncc12. The van der Waals surface area contributed by atoms with E-state index in [2.05, 4.69) is 32.2 Å². The molecule has 0 saturated carbocycles. The van der Waals surface area contributed by atoms with Crippen molar-refractivity contribution in [2.24, 2.45) is 0 Å². The average Bonchev–Trinajstić information content (AvgIpc) is 2.50. The minimum Gasteiger partial charge on any atom is -0.278 e. The number of hydrogen-bond donors (Lipinski definition) is 1. The van der Waals surface area contributed by atoms with Crippen molar-refractivity contribution in [1.82, 2.24) is 10.2 Å². The van der Waals surface area contributed by atoms with Crippen molar-refractivity contribution in [2.45, 2.75) is 5.33 Å². The maximum atomic E-state index is 3.96. The number of benzene rings is 1. The zero-order chi connectivity index (χ0) is 7.68. The van der Waals surface area contributed by atoms with Crippen LogP contribution in [0.1, 0.15) is 5.56 Å². The normalized spacial score (nSPS) is 9.75. The summed E-state index contributed by atoms with van der Waals surface area (Å²) in [5.41, 5.74) is 2.37. The lowest BCUT2D eigenvalue weighted by Crippen LogP contribution is -1.76. The van der Waals surface area contributed by atoms with Crippen molar-refractivity contribution in [2.75, 3.05) is 0 Å². The van der Waals surface area contributed by atoms with Crippen LogP contribution in [-0.4, -0.2) is 10.2 Å². The molecular weight excluding hydrogens is 284 g/mol. The van der Waals surface area contributed by atoms with E-state index >= 15 is 0 Å². The molecule has 0 saturated heterocycles. The number of aromatic nitrogens is 2. The van der Waals surface area contributed by atoms with Gasteiger partial charge >= 0.3 is 0 Å². The van der Waals surface area contributed by atoms with Crippen LogP contribution in [0.2, 0.25) is 0 Å². The van der Waals surface area contributed by atoms with Crippen molar-refractivity contribution in [3.05, 3.63) is 30.0 Å². The highest BCUT2D eigenvalue weighted by atomic mass is 79.9. The summed E-state index contributed by atoms with van der Waals surface area (Å²) >= 11 is 3.42.